The minimum absolute atomic E-state index is 0.153. The van der Waals surface area contributed by atoms with E-state index in [9.17, 15) is 13.2 Å². The lowest BCUT2D eigenvalue weighted by Gasteiger charge is -2.23. The maximum atomic E-state index is 12.9. The van der Waals surface area contributed by atoms with E-state index in [1.54, 1.807) is 17.0 Å². The van der Waals surface area contributed by atoms with Gasteiger partial charge in [-0.1, -0.05) is 18.2 Å². The second-order valence-electron chi connectivity index (χ2n) is 5.64. The summed E-state index contributed by atoms with van der Waals surface area (Å²) in [5, 5.41) is 0. The van der Waals surface area contributed by atoms with Gasteiger partial charge < -0.3 is 4.90 Å². The minimum atomic E-state index is -3.34. The van der Waals surface area contributed by atoms with Crippen molar-refractivity contribution in [3.05, 3.63) is 59.2 Å². The van der Waals surface area contributed by atoms with Crippen LogP contribution in [0, 0.1) is 13.8 Å². The maximum absolute atomic E-state index is 12.9. The van der Waals surface area contributed by atoms with E-state index in [4.69, 9.17) is 0 Å². The number of aryl methyl sites for hydroxylation is 2. The Kier molecular flexibility index (Phi) is 4.90. The normalized spacial score (nSPS) is 11.3. The maximum Gasteiger partial charge on any atom is 0.258 e. The third-order valence-electron chi connectivity index (χ3n) is 3.73. The molecule has 0 spiro atoms. The SMILES string of the molecule is CCN(C(=O)c1cccc(S(C)(=O)=O)c1)c1cc(C)ccc1C. The zero-order valence-electron chi connectivity index (χ0n) is 13.8. The second kappa shape index (κ2) is 6.54. The first-order chi connectivity index (χ1) is 10.7. The molecular formula is C18H21NO3S. The highest BCUT2D eigenvalue weighted by Gasteiger charge is 2.19. The van der Waals surface area contributed by atoms with E-state index in [0.29, 0.717) is 12.1 Å². The van der Waals surface area contributed by atoms with Crippen LogP contribution in [0.4, 0.5) is 5.69 Å². The summed E-state index contributed by atoms with van der Waals surface area (Å²) >= 11 is 0. The van der Waals surface area contributed by atoms with Gasteiger partial charge in [-0.2, -0.15) is 0 Å². The fraction of sp³-hybridized carbons (Fsp3) is 0.278. The van der Waals surface area contributed by atoms with Crippen LogP contribution in [0.2, 0.25) is 0 Å². The molecule has 23 heavy (non-hydrogen) atoms. The average Bonchev–Trinajstić information content (AvgIpc) is 2.50. The molecule has 0 heterocycles. The van der Waals surface area contributed by atoms with Crippen molar-refractivity contribution in [1.82, 2.24) is 0 Å². The fourth-order valence-electron chi connectivity index (χ4n) is 2.45. The van der Waals surface area contributed by atoms with Gasteiger partial charge in [-0.3, -0.25) is 4.79 Å². The predicted octanol–water partition coefficient (Wildman–Crippen LogP) is 3.37. The summed E-state index contributed by atoms with van der Waals surface area (Å²) in [4.78, 5) is 14.7. The van der Waals surface area contributed by atoms with Gasteiger partial charge in [0.25, 0.3) is 5.91 Å². The van der Waals surface area contributed by atoms with Crippen molar-refractivity contribution in [2.24, 2.45) is 0 Å². The van der Waals surface area contributed by atoms with Gasteiger partial charge in [0, 0.05) is 24.1 Å². The summed E-state index contributed by atoms with van der Waals surface area (Å²) in [6.45, 7) is 6.34. The highest BCUT2D eigenvalue weighted by atomic mass is 32.2. The largest absolute Gasteiger partial charge is 0.308 e. The number of hydrogen-bond donors (Lipinski definition) is 0. The number of benzene rings is 2. The lowest BCUT2D eigenvalue weighted by Crippen LogP contribution is -2.31. The van der Waals surface area contributed by atoms with Gasteiger partial charge in [0.05, 0.1) is 4.90 Å². The Morgan fingerprint density at radius 3 is 2.39 bits per heavy atom. The van der Waals surface area contributed by atoms with Gasteiger partial charge in [-0.25, -0.2) is 8.42 Å². The highest BCUT2D eigenvalue weighted by molar-refractivity contribution is 7.90. The van der Waals surface area contributed by atoms with Crippen LogP contribution in [0.1, 0.15) is 28.4 Å². The number of hydrogen-bond acceptors (Lipinski definition) is 3. The summed E-state index contributed by atoms with van der Waals surface area (Å²) in [6.07, 6.45) is 1.14. The van der Waals surface area contributed by atoms with Gasteiger partial charge in [0.1, 0.15) is 0 Å². The van der Waals surface area contributed by atoms with Gasteiger partial charge in [0.2, 0.25) is 0 Å². The molecule has 0 aliphatic carbocycles. The van der Waals surface area contributed by atoms with Crippen molar-refractivity contribution in [2.45, 2.75) is 25.7 Å². The molecule has 0 fully saturated rings. The van der Waals surface area contributed by atoms with E-state index in [1.165, 1.54) is 12.1 Å². The Morgan fingerprint density at radius 2 is 1.78 bits per heavy atom. The van der Waals surface area contributed by atoms with Crippen molar-refractivity contribution in [3.8, 4) is 0 Å². The first-order valence-corrected chi connectivity index (χ1v) is 9.32. The van der Waals surface area contributed by atoms with Crippen molar-refractivity contribution in [3.63, 3.8) is 0 Å². The molecule has 2 rings (SSSR count). The molecule has 1 amide bonds. The molecule has 0 atom stereocenters. The molecule has 0 N–H and O–H groups in total. The van der Waals surface area contributed by atoms with Gasteiger partial charge >= 0.3 is 0 Å². The molecule has 0 bridgehead atoms. The first kappa shape index (κ1) is 17.2. The third kappa shape index (κ3) is 3.79. The van der Waals surface area contributed by atoms with E-state index in [0.717, 1.165) is 23.1 Å². The van der Waals surface area contributed by atoms with Crippen LogP contribution in [-0.4, -0.2) is 27.1 Å². The number of amides is 1. The Hall–Kier alpha value is -2.14. The average molecular weight is 331 g/mol. The van der Waals surface area contributed by atoms with Gasteiger partial charge in [-0.05, 0) is 56.2 Å². The van der Waals surface area contributed by atoms with Gasteiger partial charge in [-0.15, -0.1) is 0 Å². The number of carbonyl (C=O) groups excluding carboxylic acids is 1. The Morgan fingerprint density at radius 1 is 1.09 bits per heavy atom. The smallest absolute Gasteiger partial charge is 0.258 e. The second-order valence-corrected chi connectivity index (χ2v) is 7.66. The molecule has 2 aromatic rings. The Balaban J connectivity index is 2.47. The number of sulfone groups is 1. The zero-order valence-corrected chi connectivity index (χ0v) is 14.6. The van der Waals surface area contributed by atoms with E-state index >= 15 is 0 Å². The molecule has 4 nitrogen and oxygen atoms in total. The molecular weight excluding hydrogens is 310 g/mol. The molecule has 0 radical (unpaired) electrons. The molecule has 5 heteroatoms. The number of carbonyl (C=O) groups is 1. The van der Waals surface area contributed by atoms with Crippen LogP contribution in [-0.2, 0) is 9.84 Å². The van der Waals surface area contributed by atoms with Crippen LogP contribution in [0.3, 0.4) is 0 Å². The van der Waals surface area contributed by atoms with Crippen molar-refractivity contribution >= 4 is 21.4 Å². The highest BCUT2D eigenvalue weighted by Crippen LogP contribution is 2.24. The predicted molar refractivity (Wildman–Crippen MR) is 92.8 cm³/mol. The number of rotatable bonds is 4. The summed E-state index contributed by atoms with van der Waals surface area (Å²) in [6, 6.07) is 12.1. The third-order valence-corrected chi connectivity index (χ3v) is 4.84. The van der Waals surface area contributed by atoms with Crippen molar-refractivity contribution in [2.75, 3.05) is 17.7 Å². The minimum Gasteiger partial charge on any atom is -0.308 e. The molecule has 2 aromatic carbocycles. The van der Waals surface area contributed by atoms with Crippen molar-refractivity contribution in [1.29, 1.82) is 0 Å². The topological polar surface area (TPSA) is 54.5 Å². The summed E-state index contributed by atoms with van der Waals surface area (Å²) in [7, 11) is -3.34. The molecule has 0 saturated carbocycles. The van der Waals surface area contributed by atoms with Crippen LogP contribution >= 0.6 is 0 Å². The molecule has 0 unspecified atom stereocenters. The monoisotopic (exact) mass is 331 g/mol. The van der Waals surface area contributed by atoms with Gasteiger partial charge in [0.15, 0.2) is 9.84 Å². The molecule has 122 valence electrons. The Bertz CT molecular complexity index is 841. The summed E-state index contributed by atoms with van der Waals surface area (Å²) < 4.78 is 23.4. The molecule has 0 aliphatic rings. The van der Waals surface area contributed by atoms with Crippen LogP contribution in [0.15, 0.2) is 47.4 Å². The van der Waals surface area contributed by atoms with E-state index in [1.807, 2.05) is 39.0 Å². The van der Waals surface area contributed by atoms with Crippen LogP contribution in [0.5, 0.6) is 0 Å². The summed E-state index contributed by atoms with van der Waals surface area (Å²) in [5.41, 5.74) is 3.30. The molecule has 0 aliphatic heterocycles. The molecule has 0 aromatic heterocycles. The fourth-order valence-corrected chi connectivity index (χ4v) is 3.12. The van der Waals surface area contributed by atoms with Crippen LogP contribution in [0.25, 0.3) is 0 Å². The quantitative estimate of drug-likeness (QED) is 0.863. The lowest BCUT2D eigenvalue weighted by molar-refractivity contribution is 0.0988. The number of anilines is 1. The standard InChI is InChI=1S/C18H21NO3S/c1-5-19(17-11-13(2)9-10-14(17)3)18(20)15-7-6-8-16(12-15)23(4,21)22/h6-12H,5H2,1-4H3. The van der Waals surface area contributed by atoms with Crippen molar-refractivity contribution < 1.29 is 13.2 Å². The molecule has 0 saturated heterocycles. The van der Waals surface area contributed by atoms with E-state index < -0.39 is 9.84 Å². The first-order valence-electron chi connectivity index (χ1n) is 7.43. The van der Waals surface area contributed by atoms with E-state index in [2.05, 4.69) is 0 Å². The Labute approximate surface area is 137 Å². The van der Waals surface area contributed by atoms with E-state index in [-0.39, 0.29) is 10.8 Å². The zero-order chi connectivity index (χ0) is 17.2. The lowest BCUT2D eigenvalue weighted by atomic mass is 10.1. The van der Waals surface area contributed by atoms with Crippen LogP contribution < -0.4 is 4.90 Å². The number of nitrogens with zero attached hydrogens (tertiary/aromatic N) is 1. The summed E-state index contributed by atoms with van der Waals surface area (Å²) in [5.74, 6) is -0.202.